The summed E-state index contributed by atoms with van der Waals surface area (Å²) in [5, 5.41) is -0.351. The van der Waals surface area contributed by atoms with E-state index in [0.717, 1.165) is 0 Å². The Morgan fingerprint density at radius 1 is 1.61 bits per heavy atom. The van der Waals surface area contributed by atoms with Gasteiger partial charge in [-0.15, -0.1) is 11.6 Å². The molecule has 1 aromatic rings. The molecule has 104 valence electrons. The van der Waals surface area contributed by atoms with Crippen molar-refractivity contribution in [1.82, 2.24) is 13.9 Å². The van der Waals surface area contributed by atoms with E-state index in [1.165, 1.54) is 31.0 Å². The summed E-state index contributed by atoms with van der Waals surface area (Å²) < 4.78 is 32.1. The van der Waals surface area contributed by atoms with Crippen molar-refractivity contribution in [3.8, 4) is 0 Å². The SMILES string of the molecule is CCn1cnc(S(=O)(=O)N(C)CC(Cl)COC)c1. The summed E-state index contributed by atoms with van der Waals surface area (Å²) in [4.78, 5) is 3.89. The second kappa shape index (κ2) is 6.51. The molecule has 0 aliphatic carbocycles. The molecule has 1 heterocycles. The summed E-state index contributed by atoms with van der Waals surface area (Å²) in [7, 11) is -0.582. The van der Waals surface area contributed by atoms with Crippen LogP contribution in [0.25, 0.3) is 0 Å². The van der Waals surface area contributed by atoms with Gasteiger partial charge in [-0.1, -0.05) is 0 Å². The largest absolute Gasteiger partial charge is 0.383 e. The summed E-state index contributed by atoms with van der Waals surface area (Å²) in [6.45, 7) is 3.06. The van der Waals surface area contributed by atoms with Crippen molar-refractivity contribution in [2.75, 3.05) is 27.3 Å². The Hall–Kier alpha value is -0.630. The standard InChI is InChI=1S/C10H18ClN3O3S/c1-4-14-6-10(12-8-14)18(15,16)13(2)5-9(11)7-17-3/h6,8-9H,4-5,7H2,1-3H3. The van der Waals surface area contributed by atoms with E-state index >= 15 is 0 Å². The van der Waals surface area contributed by atoms with E-state index in [1.54, 1.807) is 4.57 Å². The van der Waals surface area contributed by atoms with Gasteiger partial charge >= 0.3 is 0 Å². The van der Waals surface area contributed by atoms with Crippen molar-refractivity contribution in [1.29, 1.82) is 0 Å². The Bertz CT molecular complexity index is 474. The van der Waals surface area contributed by atoms with E-state index in [9.17, 15) is 8.42 Å². The Kier molecular flexibility index (Phi) is 5.58. The molecule has 0 saturated carbocycles. The van der Waals surface area contributed by atoms with Gasteiger partial charge in [-0.05, 0) is 6.92 Å². The summed E-state index contributed by atoms with van der Waals surface area (Å²) in [6.07, 6.45) is 3.00. The molecular formula is C10H18ClN3O3S. The van der Waals surface area contributed by atoms with Crippen LogP contribution in [-0.4, -0.2) is 55.0 Å². The molecule has 0 N–H and O–H groups in total. The van der Waals surface area contributed by atoms with E-state index in [0.29, 0.717) is 13.2 Å². The Labute approximate surface area is 113 Å². The average molecular weight is 296 g/mol. The third kappa shape index (κ3) is 3.68. The maximum Gasteiger partial charge on any atom is 0.261 e. The van der Waals surface area contributed by atoms with Crippen molar-refractivity contribution in [3.05, 3.63) is 12.5 Å². The maximum absolute atomic E-state index is 12.2. The topological polar surface area (TPSA) is 64.4 Å². The molecule has 0 saturated heterocycles. The van der Waals surface area contributed by atoms with Crippen molar-refractivity contribution in [3.63, 3.8) is 0 Å². The number of aryl methyl sites for hydroxylation is 1. The average Bonchev–Trinajstić information content (AvgIpc) is 2.78. The molecule has 0 amide bonds. The monoisotopic (exact) mass is 295 g/mol. The lowest BCUT2D eigenvalue weighted by atomic mass is 10.4. The molecule has 0 aromatic carbocycles. The van der Waals surface area contributed by atoms with Crippen molar-refractivity contribution < 1.29 is 13.2 Å². The molecule has 0 bridgehead atoms. The summed E-state index contributed by atoms with van der Waals surface area (Å²) >= 11 is 5.95. The summed E-state index contributed by atoms with van der Waals surface area (Å²) in [6, 6.07) is 0. The smallest absolute Gasteiger partial charge is 0.261 e. The minimum Gasteiger partial charge on any atom is -0.383 e. The van der Waals surface area contributed by atoms with E-state index in [4.69, 9.17) is 16.3 Å². The first-order chi connectivity index (χ1) is 8.41. The van der Waals surface area contributed by atoms with Crippen LogP contribution in [0.3, 0.4) is 0 Å². The number of hydrogen-bond acceptors (Lipinski definition) is 4. The number of methoxy groups -OCH3 is 1. The summed E-state index contributed by atoms with van der Waals surface area (Å²) in [5.74, 6) is 0. The number of aromatic nitrogens is 2. The molecule has 0 radical (unpaired) electrons. The first kappa shape index (κ1) is 15.4. The van der Waals surface area contributed by atoms with Gasteiger partial charge in [0.25, 0.3) is 10.0 Å². The number of alkyl halides is 1. The Morgan fingerprint density at radius 2 is 2.28 bits per heavy atom. The molecule has 0 aliphatic rings. The van der Waals surface area contributed by atoms with Gasteiger partial charge in [0.1, 0.15) is 0 Å². The minimum atomic E-state index is -3.58. The zero-order chi connectivity index (χ0) is 13.8. The Balaban J connectivity index is 2.79. The van der Waals surface area contributed by atoms with Gasteiger partial charge in [-0.3, -0.25) is 0 Å². The van der Waals surface area contributed by atoms with Crippen LogP contribution in [-0.2, 0) is 21.3 Å². The van der Waals surface area contributed by atoms with Crippen LogP contribution in [0.4, 0.5) is 0 Å². The zero-order valence-electron chi connectivity index (χ0n) is 10.7. The number of halogens is 1. The summed E-state index contributed by atoms with van der Waals surface area (Å²) in [5.41, 5.74) is 0. The molecule has 1 atom stereocenters. The van der Waals surface area contributed by atoms with Gasteiger partial charge in [0.05, 0.1) is 18.3 Å². The molecule has 0 aliphatic heterocycles. The predicted octanol–water partition coefficient (Wildman–Crippen LogP) is 0.777. The first-order valence-electron chi connectivity index (χ1n) is 5.53. The molecule has 0 fully saturated rings. The number of nitrogens with zero attached hydrogens (tertiary/aromatic N) is 3. The number of imidazole rings is 1. The van der Waals surface area contributed by atoms with Gasteiger partial charge in [0.15, 0.2) is 5.03 Å². The van der Waals surface area contributed by atoms with Crippen LogP contribution in [0.15, 0.2) is 17.6 Å². The van der Waals surface area contributed by atoms with E-state index in [1.807, 2.05) is 6.92 Å². The van der Waals surface area contributed by atoms with E-state index < -0.39 is 10.0 Å². The van der Waals surface area contributed by atoms with Crippen LogP contribution in [0, 0.1) is 0 Å². The lowest BCUT2D eigenvalue weighted by Gasteiger charge is -2.18. The third-order valence-electron chi connectivity index (χ3n) is 2.45. The lowest BCUT2D eigenvalue weighted by molar-refractivity contribution is 0.192. The molecule has 1 aromatic heterocycles. The van der Waals surface area contributed by atoms with Crippen molar-refractivity contribution in [2.24, 2.45) is 0 Å². The van der Waals surface area contributed by atoms with Crippen molar-refractivity contribution >= 4 is 21.6 Å². The highest BCUT2D eigenvalue weighted by atomic mass is 35.5. The van der Waals surface area contributed by atoms with E-state index in [2.05, 4.69) is 4.98 Å². The molecule has 18 heavy (non-hydrogen) atoms. The van der Waals surface area contributed by atoms with Gasteiger partial charge in [0.2, 0.25) is 0 Å². The molecule has 6 nitrogen and oxygen atoms in total. The molecular weight excluding hydrogens is 278 g/mol. The minimum absolute atomic E-state index is 0.0353. The van der Waals surface area contributed by atoms with Gasteiger partial charge in [0, 0.05) is 33.4 Å². The Morgan fingerprint density at radius 3 is 2.78 bits per heavy atom. The van der Waals surface area contributed by atoms with Crippen LogP contribution >= 0.6 is 11.6 Å². The van der Waals surface area contributed by atoms with Gasteiger partial charge in [-0.25, -0.2) is 13.4 Å². The van der Waals surface area contributed by atoms with Gasteiger partial charge in [-0.2, -0.15) is 4.31 Å². The highest BCUT2D eigenvalue weighted by Crippen LogP contribution is 2.13. The predicted molar refractivity (Wildman–Crippen MR) is 69.2 cm³/mol. The highest BCUT2D eigenvalue weighted by Gasteiger charge is 2.25. The highest BCUT2D eigenvalue weighted by molar-refractivity contribution is 7.89. The van der Waals surface area contributed by atoms with Crippen LogP contribution < -0.4 is 0 Å². The van der Waals surface area contributed by atoms with E-state index in [-0.39, 0.29) is 16.9 Å². The fourth-order valence-corrected chi connectivity index (χ4v) is 2.98. The molecule has 8 heteroatoms. The third-order valence-corrected chi connectivity index (χ3v) is 4.43. The molecule has 0 spiro atoms. The van der Waals surface area contributed by atoms with Crippen LogP contribution in [0.2, 0.25) is 0 Å². The number of hydrogen-bond donors (Lipinski definition) is 0. The second-order valence-electron chi connectivity index (χ2n) is 3.88. The fraction of sp³-hybridized carbons (Fsp3) is 0.700. The number of sulfonamides is 1. The van der Waals surface area contributed by atoms with Crippen molar-refractivity contribution in [2.45, 2.75) is 23.9 Å². The quantitative estimate of drug-likeness (QED) is 0.697. The number of rotatable bonds is 7. The second-order valence-corrected chi connectivity index (χ2v) is 6.49. The normalized spacial score (nSPS) is 14.1. The fourth-order valence-electron chi connectivity index (χ4n) is 1.42. The number of ether oxygens (including phenoxy) is 1. The maximum atomic E-state index is 12.2. The first-order valence-corrected chi connectivity index (χ1v) is 7.40. The van der Waals surface area contributed by atoms with Gasteiger partial charge < -0.3 is 9.30 Å². The lowest BCUT2D eigenvalue weighted by Crippen LogP contribution is -2.34. The molecule has 1 rings (SSSR count). The zero-order valence-corrected chi connectivity index (χ0v) is 12.3. The molecule has 1 unspecified atom stereocenters. The van der Waals surface area contributed by atoms with Crippen LogP contribution in [0.5, 0.6) is 0 Å². The van der Waals surface area contributed by atoms with Crippen LogP contribution in [0.1, 0.15) is 6.92 Å².